The van der Waals surface area contributed by atoms with Crippen LogP contribution in [-0.2, 0) is 9.47 Å². The van der Waals surface area contributed by atoms with Gasteiger partial charge in [0.1, 0.15) is 0 Å². The first-order valence-electron chi connectivity index (χ1n) is 7.68. The predicted molar refractivity (Wildman–Crippen MR) is 95.2 cm³/mol. The van der Waals surface area contributed by atoms with Gasteiger partial charge in [0.25, 0.3) is 0 Å². The normalized spacial score (nSPS) is 20.9. The maximum atomic E-state index is 5.86. The van der Waals surface area contributed by atoms with Crippen molar-refractivity contribution in [1.82, 2.24) is 4.90 Å². The molecule has 2 aliphatic rings. The Morgan fingerprint density at radius 1 is 1.27 bits per heavy atom. The number of aryl methyl sites for hydroxylation is 1. The van der Waals surface area contributed by atoms with Gasteiger partial charge in [0.15, 0.2) is 10.9 Å². The van der Waals surface area contributed by atoms with E-state index in [2.05, 4.69) is 39.1 Å². The first-order valence-corrected chi connectivity index (χ1v) is 8.88. The van der Waals surface area contributed by atoms with Crippen molar-refractivity contribution in [2.24, 2.45) is 0 Å². The standard InChI is InChI=1S/C16H21BrN2O2S/c1-12-11-13(3-4-14(12)17)18-15(22)19-7-5-16(6-8-19)20-9-2-10-21-16/h3-4,11H,2,5-10H2,1H3,(H,18,22). The zero-order valence-electron chi connectivity index (χ0n) is 12.7. The van der Waals surface area contributed by atoms with Crippen molar-refractivity contribution in [2.45, 2.75) is 32.0 Å². The second-order valence-electron chi connectivity index (χ2n) is 5.84. The Bertz CT molecular complexity index is 551. The smallest absolute Gasteiger partial charge is 0.173 e. The Labute approximate surface area is 145 Å². The van der Waals surface area contributed by atoms with E-state index < -0.39 is 0 Å². The van der Waals surface area contributed by atoms with Crippen LogP contribution in [0, 0.1) is 6.92 Å². The topological polar surface area (TPSA) is 33.7 Å². The summed E-state index contributed by atoms with van der Waals surface area (Å²) in [5.41, 5.74) is 2.21. The van der Waals surface area contributed by atoms with Crippen molar-refractivity contribution in [3.05, 3.63) is 28.2 Å². The number of benzene rings is 1. The molecule has 3 rings (SSSR count). The summed E-state index contributed by atoms with van der Waals surface area (Å²) in [6, 6.07) is 6.16. The molecule has 1 aromatic carbocycles. The number of ether oxygens (including phenoxy) is 2. The van der Waals surface area contributed by atoms with Gasteiger partial charge in [-0.2, -0.15) is 0 Å². The second-order valence-corrected chi connectivity index (χ2v) is 7.08. The molecule has 0 amide bonds. The summed E-state index contributed by atoms with van der Waals surface area (Å²) in [7, 11) is 0. The number of hydrogen-bond donors (Lipinski definition) is 1. The van der Waals surface area contributed by atoms with Crippen LogP contribution in [0.3, 0.4) is 0 Å². The maximum absolute atomic E-state index is 5.86. The molecule has 22 heavy (non-hydrogen) atoms. The van der Waals surface area contributed by atoms with Gasteiger partial charge in [-0.3, -0.25) is 0 Å². The molecule has 2 saturated heterocycles. The van der Waals surface area contributed by atoms with Gasteiger partial charge >= 0.3 is 0 Å². The van der Waals surface area contributed by atoms with Crippen molar-refractivity contribution in [2.75, 3.05) is 31.6 Å². The van der Waals surface area contributed by atoms with Crippen LogP contribution < -0.4 is 5.32 Å². The lowest BCUT2D eigenvalue weighted by molar-refractivity contribution is -0.281. The minimum Gasteiger partial charge on any atom is -0.350 e. The van der Waals surface area contributed by atoms with E-state index in [0.29, 0.717) is 0 Å². The third kappa shape index (κ3) is 3.62. The monoisotopic (exact) mass is 384 g/mol. The number of halogens is 1. The third-order valence-electron chi connectivity index (χ3n) is 4.24. The molecule has 0 radical (unpaired) electrons. The summed E-state index contributed by atoms with van der Waals surface area (Å²) in [4.78, 5) is 2.19. The van der Waals surface area contributed by atoms with Crippen LogP contribution in [0.25, 0.3) is 0 Å². The van der Waals surface area contributed by atoms with E-state index in [-0.39, 0.29) is 5.79 Å². The molecule has 1 aromatic rings. The molecule has 2 fully saturated rings. The zero-order chi connectivity index (χ0) is 15.6. The predicted octanol–water partition coefficient (Wildman–Crippen LogP) is 3.68. The number of anilines is 1. The fraction of sp³-hybridized carbons (Fsp3) is 0.562. The molecule has 6 heteroatoms. The highest BCUT2D eigenvalue weighted by atomic mass is 79.9. The molecule has 1 N–H and O–H groups in total. The van der Waals surface area contributed by atoms with Crippen molar-refractivity contribution in [3.63, 3.8) is 0 Å². The van der Waals surface area contributed by atoms with E-state index in [1.54, 1.807) is 0 Å². The lowest BCUT2D eigenvalue weighted by Gasteiger charge is -2.44. The average molecular weight is 385 g/mol. The number of hydrogen-bond acceptors (Lipinski definition) is 3. The van der Waals surface area contributed by atoms with Crippen molar-refractivity contribution in [3.8, 4) is 0 Å². The molecule has 2 aliphatic heterocycles. The number of nitrogens with zero attached hydrogens (tertiary/aromatic N) is 1. The molecule has 0 aliphatic carbocycles. The van der Waals surface area contributed by atoms with Crippen LogP contribution in [0.1, 0.15) is 24.8 Å². The molecule has 4 nitrogen and oxygen atoms in total. The summed E-state index contributed by atoms with van der Waals surface area (Å²) in [6.45, 7) is 5.41. The molecule has 120 valence electrons. The Hall–Kier alpha value is -0.690. The zero-order valence-corrected chi connectivity index (χ0v) is 15.1. The van der Waals surface area contributed by atoms with Crippen LogP contribution in [0.15, 0.2) is 22.7 Å². The van der Waals surface area contributed by atoms with Crippen LogP contribution in [-0.4, -0.2) is 42.1 Å². The highest BCUT2D eigenvalue weighted by Crippen LogP contribution is 2.31. The summed E-state index contributed by atoms with van der Waals surface area (Å²) in [6.07, 6.45) is 2.73. The van der Waals surface area contributed by atoms with Gasteiger partial charge < -0.3 is 19.7 Å². The Morgan fingerprint density at radius 2 is 1.95 bits per heavy atom. The maximum Gasteiger partial charge on any atom is 0.173 e. The second kappa shape index (κ2) is 6.83. The molecular formula is C16H21BrN2O2S. The molecule has 0 unspecified atom stereocenters. The minimum atomic E-state index is -0.363. The first kappa shape index (κ1) is 16.2. The van der Waals surface area contributed by atoms with E-state index in [9.17, 15) is 0 Å². The highest BCUT2D eigenvalue weighted by Gasteiger charge is 2.38. The van der Waals surface area contributed by atoms with Crippen molar-refractivity contribution in [1.29, 1.82) is 0 Å². The number of nitrogens with one attached hydrogen (secondary N) is 1. The van der Waals surface area contributed by atoms with Gasteiger partial charge in [-0.05, 0) is 49.3 Å². The highest BCUT2D eigenvalue weighted by molar-refractivity contribution is 9.10. The Kier molecular flexibility index (Phi) is 5.02. The van der Waals surface area contributed by atoms with Crippen molar-refractivity contribution >= 4 is 38.9 Å². The number of likely N-dealkylation sites (tertiary alicyclic amines) is 1. The SMILES string of the molecule is Cc1cc(NC(=S)N2CCC3(CC2)OCCCO3)ccc1Br. The van der Waals surface area contributed by atoms with Gasteiger partial charge in [-0.15, -0.1) is 0 Å². The summed E-state index contributed by atoms with van der Waals surface area (Å²) in [5.74, 6) is -0.363. The van der Waals surface area contributed by atoms with Crippen LogP contribution in [0.2, 0.25) is 0 Å². The van der Waals surface area contributed by atoms with E-state index >= 15 is 0 Å². The number of piperidine rings is 1. The lowest BCUT2D eigenvalue weighted by Crippen LogP contribution is -2.52. The van der Waals surface area contributed by atoms with E-state index in [0.717, 1.165) is 60.8 Å². The molecule has 0 atom stereocenters. The molecule has 2 heterocycles. The molecule has 0 bridgehead atoms. The Balaban J connectivity index is 1.56. The Morgan fingerprint density at radius 3 is 2.59 bits per heavy atom. The minimum absolute atomic E-state index is 0.363. The molecular weight excluding hydrogens is 364 g/mol. The van der Waals surface area contributed by atoms with E-state index in [1.807, 2.05) is 12.1 Å². The van der Waals surface area contributed by atoms with Crippen LogP contribution >= 0.6 is 28.1 Å². The number of rotatable bonds is 1. The van der Waals surface area contributed by atoms with Crippen LogP contribution in [0.4, 0.5) is 5.69 Å². The fourth-order valence-electron chi connectivity index (χ4n) is 2.88. The van der Waals surface area contributed by atoms with E-state index in [1.165, 1.54) is 5.56 Å². The van der Waals surface area contributed by atoms with Crippen LogP contribution in [0.5, 0.6) is 0 Å². The summed E-state index contributed by atoms with van der Waals surface area (Å²) in [5, 5.41) is 4.10. The average Bonchev–Trinajstić information content (AvgIpc) is 2.52. The van der Waals surface area contributed by atoms with Gasteiger partial charge in [-0.25, -0.2) is 0 Å². The van der Waals surface area contributed by atoms with Crippen molar-refractivity contribution < 1.29 is 9.47 Å². The quantitative estimate of drug-likeness (QED) is 0.746. The van der Waals surface area contributed by atoms with Gasteiger partial charge in [0.05, 0.1) is 13.2 Å². The van der Waals surface area contributed by atoms with Gasteiger partial charge in [0.2, 0.25) is 0 Å². The van der Waals surface area contributed by atoms with Gasteiger partial charge in [-0.1, -0.05) is 15.9 Å². The molecule has 0 saturated carbocycles. The summed E-state index contributed by atoms with van der Waals surface area (Å²) >= 11 is 9.06. The van der Waals surface area contributed by atoms with Gasteiger partial charge in [0, 0.05) is 36.1 Å². The first-order chi connectivity index (χ1) is 10.6. The third-order valence-corrected chi connectivity index (χ3v) is 5.49. The lowest BCUT2D eigenvalue weighted by atomic mass is 10.0. The van der Waals surface area contributed by atoms with E-state index in [4.69, 9.17) is 21.7 Å². The summed E-state index contributed by atoms with van der Waals surface area (Å²) < 4.78 is 12.8. The fourth-order valence-corrected chi connectivity index (χ4v) is 3.43. The number of thiocarbonyl (C=S) groups is 1. The molecule has 1 spiro atoms. The largest absolute Gasteiger partial charge is 0.350 e. The molecule has 0 aromatic heterocycles.